The summed E-state index contributed by atoms with van der Waals surface area (Å²) in [5, 5.41) is 0. The molecular weight excluding hydrogens is 250 g/mol. The standard InChI is InChI=1S/C12H19N3O2S/c1-4-6-15(7-5-2)18(16,17)12-8-11(9-13)14(3)10-12/h1,8,10H,5-7,9,13H2,2-3H3. The van der Waals surface area contributed by atoms with Crippen LogP contribution in [0.3, 0.4) is 0 Å². The third-order valence-corrected chi connectivity index (χ3v) is 4.48. The molecule has 1 heterocycles. The van der Waals surface area contributed by atoms with Crippen molar-refractivity contribution in [2.45, 2.75) is 24.8 Å². The van der Waals surface area contributed by atoms with Gasteiger partial charge in [-0.1, -0.05) is 12.8 Å². The average Bonchev–Trinajstić information content (AvgIpc) is 2.71. The normalized spacial score (nSPS) is 11.7. The summed E-state index contributed by atoms with van der Waals surface area (Å²) in [5.41, 5.74) is 6.31. The molecule has 0 bridgehead atoms. The second-order valence-corrected chi connectivity index (χ2v) is 5.96. The summed E-state index contributed by atoms with van der Waals surface area (Å²) in [4.78, 5) is 0.245. The number of aromatic nitrogens is 1. The molecule has 0 aliphatic rings. The maximum atomic E-state index is 12.4. The molecule has 0 radical (unpaired) electrons. The zero-order valence-electron chi connectivity index (χ0n) is 10.8. The van der Waals surface area contributed by atoms with Gasteiger partial charge in [-0.15, -0.1) is 6.42 Å². The molecule has 5 nitrogen and oxygen atoms in total. The van der Waals surface area contributed by atoms with Crippen molar-refractivity contribution in [2.75, 3.05) is 13.1 Å². The Morgan fingerprint density at radius 2 is 2.22 bits per heavy atom. The van der Waals surface area contributed by atoms with E-state index >= 15 is 0 Å². The number of nitrogens with zero attached hydrogens (tertiary/aromatic N) is 2. The predicted molar refractivity (Wildman–Crippen MR) is 71.2 cm³/mol. The minimum absolute atomic E-state index is 0.0863. The fourth-order valence-electron chi connectivity index (χ4n) is 1.71. The quantitative estimate of drug-likeness (QED) is 0.765. The molecule has 0 fully saturated rings. The van der Waals surface area contributed by atoms with E-state index in [4.69, 9.17) is 12.2 Å². The van der Waals surface area contributed by atoms with E-state index in [0.717, 1.165) is 12.1 Å². The fourth-order valence-corrected chi connectivity index (χ4v) is 3.25. The molecule has 1 aromatic rings. The largest absolute Gasteiger partial charge is 0.352 e. The number of hydrogen-bond acceptors (Lipinski definition) is 3. The van der Waals surface area contributed by atoms with Crippen LogP contribution in [0.2, 0.25) is 0 Å². The Kier molecular flexibility index (Phi) is 4.96. The molecule has 2 N–H and O–H groups in total. The lowest BCUT2D eigenvalue weighted by Crippen LogP contribution is -2.32. The number of hydrogen-bond donors (Lipinski definition) is 1. The second kappa shape index (κ2) is 6.05. The molecule has 0 aliphatic carbocycles. The highest BCUT2D eigenvalue weighted by Crippen LogP contribution is 2.18. The third kappa shape index (κ3) is 2.93. The topological polar surface area (TPSA) is 68.3 Å². The number of sulfonamides is 1. The van der Waals surface area contributed by atoms with Gasteiger partial charge >= 0.3 is 0 Å². The van der Waals surface area contributed by atoms with Crippen LogP contribution in [0.1, 0.15) is 19.0 Å². The fraction of sp³-hybridized carbons (Fsp3) is 0.500. The Bertz CT molecular complexity index is 540. The predicted octanol–water partition coefficient (Wildman–Crippen LogP) is 0.518. The minimum Gasteiger partial charge on any atom is -0.352 e. The lowest BCUT2D eigenvalue weighted by molar-refractivity contribution is 0.445. The van der Waals surface area contributed by atoms with Gasteiger partial charge in [0, 0.05) is 32.0 Å². The second-order valence-electron chi connectivity index (χ2n) is 4.02. The van der Waals surface area contributed by atoms with E-state index in [9.17, 15) is 8.42 Å². The molecular formula is C12H19N3O2S. The maximum absolute atomic E-state index is 12.4. The molecule has 6 heteroatoms. The van der Waals surface area contributed by atoms with Crippen molar-refractivity contribution >= 4 is 10.0 Å². The van der Waals surface area contributed by atoms with E-state index < -0.39 is 10.0 Å². The highest BCUT2D eigenvalue weighted by atomic mass is 32.2. The van der Waals surface area contributed by atoms with Crippen LogP contribution in [0.4, 0.5) is 0 Å². The van der Waals surface area contributed by atoms with Gasteiger partial charge in [0.2, 0.25) is 10.0 Å². The van der Waals surface area contributed by atoms with Gasteiger partial charge in [-0.2, -0.15) is 4.31 Å². The van der Waals surface area contributed by atoms with E-state index in [1.165, 1.54) is 4.31 Å². The summed E-state index contributed by atoms with van der Waals surface area (Å²) in [5.74, 6) is 2.38. The number of aryl methyl sites for hydroxylation is 1. The zero-order valence-corrected chi connectivity index (χ0v) is 11.6. The van der Waals surface area contributed by atoms with Gasteiger partial charge in [0.1, 0.15) is 4.90 Å². The Morgan fingerprint density at radius 1 is 1.56 bits per heavy atom. The van der Waals surface area contributed by atoms with Crippen LogP contribution in [0, 0.1) is 12.3 Å². The van der Waals surface area contributed by atoms with Gasteiger partial charge in [-0.3, -0.25) is 0 Å². The van der Waals surface area contributed by atoms with Crippen molar-refractivity contribution in [1.82, 2.24) is 8.87 Å². The average molecular weight is 269 g/mol. The Morgan fingerprint density at radius 3 is 2.67 bits per heavy atom. The Balaban J connectivity index is 3.14. The van der Waals surface area contributed by atoms with Gasteiger partial charge in [0.15, 0.2) is 0 Å². The number of rotatable bonds is 6. The van der Waals surface area contributed by atoms with Gasteiger partial charge in [0.25, 0.3) is 0 Å². The van der Waals surface area contributed by atoms with E-state index in [1.54, 1.807) is 23.9 Å². The molecule has 1 aromatic heterocycles. The van der Waals surface area contributed by atoms with E-state index in [2.05, 4.69) is 5.92 Å². The first-order valence-corrected chi connectivity index (χ1v) is 7.20. The van der Waals surface area contributed by atoms with Crippen LogP contribution in [0.15, 0.2) is 17.2 Å². The van der Waals surface area contributed by atoms with Crippen molar-refractivity contribution < 1.29 is 8.42 Å². The number of terminal acetylenes is 1. The summed E-state index contributed by atoms with van der Waals surface area (Å²) < 4.78 is 27.8. The molecule has 0 unspecified atom stereocenters. The highest BCUT2D eigenvalue weighted by molar-refractivity contribution is 7.89. The van der Waals surface area contributed by atoms with Crippen molar-refractivity contribution in [3.63, 3.8) is 0 Å². The van der Waals surface area contributed by atoms with Crippen molar-refractivity contribution in [1.29, 1.82) is 0 Å². The Labute approximate surface area is 109 Å². The molecule has 0 aromatic carbocycles. The van der Waals surface area contributed by atoms with Gasteiger partial charge in [-0.05, 0) is 12.5 Å². The van der Waals surface area contributed by atoms with E-state index in [1.807, 2.05) is 6.92 Å². The molecule has 0 amide bonds. The van der Waals surface area contributed by atoms with Crippen molar-refractivity contribution in [3.05, 3.63) is 18.0 Å². The summed E-state index contributed by atoms with van der Waals surface area (Å²) in [6.45, 7) is 2.71. The smallest absolute Gasteiger partial charge is 0.245 e. The summed E-state index contributed by atoms with van der Waals surface area (Å²) in [6, 6.07) is 1.59. The lowest BCUT2D eigenvalue weighted by atomic mass is 10.4. The third-order valence-electron chi connectivity index (χ3n) is 2.67. The van der Waals surface area contributed by atoms with Crippen molar-refractivity contribution in [3.8, 4) is 12.3 Å². The monoisotopic (exact) mass is 269 g/mol. The molecule has 100 valence electrons. The first-order valence-electron chi connectivity index (χ1n) is 5.76. The van der Waals surface area contributed by atoms with E-state index in [-0.39, 0.29) is 11.4 Å². The molecule has 0 saturated heterocycles. The van der Waals surface area contributed by atoms with Crippen LogP contribution < -0.4 is 5.73 Å². The van der Waals surface area contributed by atoms with Gasteiger partial charge < -0.3 is 10.3 Å². The molecule has 0 aliphatic heterocycles. The van der Waals surface area contributed by atoms with Crippen molar-refractivity contribution in [2.24, 2.45) is 12.8 Å². The zero-order chi connectivity index (χ0) is 13.8. The maximum Gasteiger partial charge on any atom is 0.245 e. The SMILES string of the molecule is C#CCN(CCC)S(=O)(=O)c1cc(CN)n(C)c1. The molecule has 18 heavy (non-hydrogen) atoms. The van der Waals surface area contributed by atoms with Crippen LogP contribution in [0.25, 0.3) is 0 Å². The highest BCUT2D eigenvalue weighted by Gasteiger charge is 2.24. The first kappa shape index (κ1) is 14.8. The van der Waals surface area contributed by atoms with Gasteiger partial charge in [-0.25, -0.2) is 8.42 Å². The summed E-state index contributed by atoms with van der Waals surface area (Å²) >= 11 is 0. The Hall–Kier alpha value is -1.29. The van der Waals surface area contributed by atoms with Crippen LogP contribution >= 0.6 is 0 Å². The lowest BCUT2D eigenvalue weighted by Gasteiger charge is -2.18. The van der Waals surface area contributed by atoms with Gasteiger partial charge in [0.05, 0.1) is 6.54 Å². The van der Waals surface area contributed by atoms with Crippen LogP contribution in [-0.2, 0) is 23.6 Å². The summed E-state index contributed by atoms with van der Waals surface area (Å²) in [7, 11) is -1.75. The molecule has 1 rings (SSSR count). The van der Waals surface area contributed by atoms with Crippen LogP contribution in [-0.4, -0.2) is 30.4 Å². The molecule has 0 spiro atoms. The summed E-state index contributed by atoms with van der Waals surface area (Å²) in [6.07, 6.45) is 7.50. The minimum atomic E-state index is -3.52. The molecule has 0 atom stereocenters. The van der Waals surface area contributed by atoms with E-state index in [0.29, 0.717) is 13.1 Å². The van der Waals surface area contributed by atoms with Crippen LogP contribution in [0.5, 0.6) is 0 Å². The molecule has 0 saturated carbocycles. The first-order chi connectivity index (χ1) is 8.47. The number of nitrogens with two attached hydrogens (primary N) is 1.